The first-order chi connectivity index (χ1) is 5.04. The van der Waals surface area contributed by atoms with Gasteiger partial charge < -0.3 is 15.5 Å². The molecule has 0 rings (SSSR count). The molecule has 0 spiro atoms. The summed E-state index contributed by atoms with van der Waals surface area (Å²) in [6.45, 7) is 1.65. The molecule has 0 unspecified atom stereocenters. The zero-order chi connectivity index (χ0) is 8.85. The molecule has 0 aliphatic heterocycles. The molecule has 0 aromatic rings. The van der Waals surface area contributed by atoms with Crippen LogP contribution < -0.4 is 5.32 Å². The fourth-order valence-corrected chi connectivity index (χ4v) is 0.483. The van der Waals surface area contributed by atoms with Crippen LogP contribution >= 0.6 is 0 Å². The molecule has 64 valence electrons. The zero-order valence-electron chi connectivity index (χ0n) is 6.20. The van der Waals surface area contributed by atoms with E-state index in [9.17, 15) is 9.59 Å². The minimum absolute atomic E-state index is 0.0579. The van der Waals surface area contributed by atoms with Crippen LogP contribution in [0.4, 0.5) is 0 Å². The van der Waals surface area contributed by atoms with Gasteiger partial charge in [0.1, 0.15) is 6.04 Å². The molecule has 0 saturated heterocycles. The lowest BCUT2D eigenvalue weighted by atomic mass is 10.3. The highest BCUT2D eigenvalue weighted by Gasteiger charge is 2.09. The molecule has 0 fully saturated rings. The molecule has 0 amide bonds. The predicted molar refractivity (Wildman–Crippen MR) is 37.4 cm³/mol. The second kappa shape index (κ2) is 4.68. The number of rotatable bonds is 5. The molecule has 0 heterocycles. The van der Waals surface area contributed by atoms with E-state index in [4.69, 9.17) is 10.2 Å². The average Bonchev–Trinajstić information content (AvgIpc) is 1.86. The van der Waals surface area contributed by atoms with Crippen molar-refractivity contribution in [2.24, 2.45) is 0 Å². The Bertz CT molecular complexity index is 157. The van der Waals surface area contributed by atoms with Gasteiger partial charge in [-0.25, -0.2) is 0 Å². The number of hydrogen-bond acceptors (Lipinski definition) is 3. The van der Waals surface area contributed by atoms with Gasteiger partial charge in [0.25, 0.3) is 0 Å². The summed E-state index contributed by atoms with van der Waals surface area (Å²) in [6.07, 6.45) is -0.0579. The van der Waals surface area contributed by atoms with Crippen molar-refractivity contribution in [1.29, 1.82) is 0 Å². The van der Waals surface area contributed by atoms with Gasteiger partial charge in [0.05, 0.1) is 6.42 Å². The van der Waals surface area contributed by atoms with Crippen molar-refractivity contribution in [3.63, 3.8) is 0 Å². The highest BCUT2D eigenvalue weighted by molar-refractivity contribution is 5.73. The fourth-order valence-electron chi connectivity index (χ4n) is 0.483. The first-order valence-electron chi connectivity index (χ1n) is 3.22. The van der Waals surface area contributed by atoms with E-state index in [1.54, 1.807) is 0 Å². The van der Waals surface area contributed by atoms with E-state index in [1.807, 2.05) is 0 Å². The number of nitrogens with one attached hydrogen (secondary N) is 1. The van der Waals surface area contributed by atoms with Crippen LogP contribution in [-0.2, 0) is 9.59 Å². The minimum atomic E-state index is -0.976. The molecule has 0 saturated carbocycles. The van der Waals surface area contributed by atoms with Gasteiger partial charge in [-0.1, -0.05) is 0 Å². The largest absolute Gasteiger partial charge is 0.481 e. The topological polar surface area (TPSA) is 86.6 Å². The minimum Gasteiger partial charge on any atom is -0.481 e. The molecule has 11 heavy (non-hydrogen) atoms. The van der Waals surface area contributed by atoms with Crippen LogP contribution in [0.2, 0.25) is 0 Å². The number of aliphatic carboxylic acids is 2. The average molecular weight is 161 g/mol. The summed E-state index contributed by atoms with van der Waals surface area (Å²) in [4.78, 5) is 20.1. The summed E-state index contributed by atoms with van der Waals surface area (Å²) in [5.74, 6) is -1.91. The highest BCUT2D eigenvalue weighted by atomic mass is 16.4. The van der Waals surface area contributed by atoms with E-state index in [0.717, 1.165) is 0 Å². The van der Waals surface area contributed by atoms with Gasteiger partial charge in [0, 0.05) is 6.54 Å². The maximum absolute atomic E-state index is 10.2. The Morgan fingerprint density at radius 1 is 1.45 bits per heavy atom. The molecule has 1 atom stereocenters. The number of carboxylic acids is 2. The summed E-state index contributed by atoms with van der Waals surface area (Å²) in [5.41, 5.74) is 0. The van der Waals surface area contributed by atoms with Crippen molar-refractivity contribution in [2.75, 3.05) is 6.54 Å². The van der Waals surface area contributed by atoms with Gasteiger partial charge in [-0.15, -0.1) is 0 Å². The lowest BCUT2D eigenvalue weighted by molar-refractivity contribution is -0.140. The van der Waals surface area contributed by atoms with Gasteiger partial charge in [-0.05, 0) is 6.92 Å². The first kappa shape index (κ1) is 9.90. The molecule has 0 aromatic heterocycles. The fraction of sp³-hybridized carbons (Fsp3) is 0.667. The van der Waals surface area contributed by atoms with Gasteiger partial charge >= 0.3 is 11.9 Å². The summed E-state index contributed by atoms with van der Waals surface area (Å²) < 4.78 is 0. The van der Waals surface area contributed by atoms with Gasteiger partial charge in [0.15, 0.2) is 0 Å². The van der Waals surface area contributed by atoms with E-state index in [2.05, 4.69) is 5.32 Å². The zero-order valence-corrected chi connectivity index (χ0v) is 6.20. The summed E-state index contributed by atoms with van der Waals surface area (Å²) in [7, 11) is 0. The third kappa shape index (κ3) is 5.35. The van der Waals surface area contributed by atoms with Crippen LogP contribution in [0.15, 0.2) is 0 Å². The van der Waals surface area contributed by atoms with Crippen molar-refractivity contribution in [3.05, 3.63) is 0 Å². The summed E-state index contributed by atoms with van der Waals surface area (Å²) in [5, 5.41) is 19.0. The molecule has 5 nitrogen and oxygen atoms in total. The Morgan fingerprint density at radius 2 is 2.00 bits per heavy atom. The molecule has 0 aliphatic rings. The molecule has 3 N–H and O–H groups in total. The Morgan fingerprint density at radius 3 is 2.36 bits per heavy atom. The predicted octanol–water partition coefficient (Wildman–Crippen LogP) is -0.476. The Labute approximate surface area is 64.0 Å². The summed E-state index contributed by atoms with van der Waals surface area (Å²) in [6, 6.07) is -0.686. The van der Waals surface area contributed by atoms with Crippen molar-refractivity contribution in [3.8, 4) is 0 Å². The molecule has 5 heteroatoms. The van der Waals surface area contributed by atoms with Crippen LogP contribution in [0, 0.1) is 0 Å². The Balaban J connectivity index is 3.39. The monoisotopic (exact) mass is 161 g/mol. The van der Waals surface area contributed by atoms with E-state index >= 15 is 0 Å². The third-order valence-corrected chi connectivity index (χ3v) is 1.16. The normalized spacial score (nSPS) is 12.5. The SMILES string of the molecule is C[C@@H](NCCC(=O)O)C(=O)O. The number of carboxylic acid groups (broad SMARTS) is 2. The van der Waals surface area contributed by atoms with E-state index < -0.39 is 18.0 Å². The molecule has 0 bridgehead atoms. The summed E-state index contributed by atoms with van der Waals surface area (Å²) >= 11 is 0. The maximum atomic E-state index is 10.2. The highest BCUT2D eigenvalue weighted by Crippen LogP contribution is 1.82. The lowest BCUT2D eigenvalue weighted by Gasteiger charge is -2.06. The van der Waals surface area contributed by atoms with Crippen molar-refractivity contribution in [2.45, 2.75) is 19.4 Å². The van der Waals surface area contributed by atoms with Crippen LogP contribution in [0.25, 0.3) is 0 Å². The molecule has 0 radical (unpaired) electrons. The molecular weight excluding hydrogens is 150 g/mol. The molecule has 0 aliphatic carbocycles. The van der Waals surface area contributed by atoms with Crippen LogP contribution in [0.1, 0.15) is 13.3 Å². The number of hydrogen-bond donors (Lipinski definition) is 3. The van der Waals surface area contributed by atoms with Crippen molar-refractivity contribution in [1.82, 2.24) is 5.32 Å². The smallest absolute Gasteiger partial charge is 0.320 e. The lowest BCUT2D eigenvalue weighted by Crippen LogP contribution is -2.34. The quantitative estimate of drug-likeness (QED) is 0.507. The third-order valence-electron chi connectivity index (χ3n) is 1.16. The van der Waals surface area contributed by atoms with Gasteiger partial charge in [-0.2, -0.15) is 0 Å². The molecular formula is C6H11NO4. The Kier molecular flexibility index (Phi) is 4.21. The van der Waals surface area contributed by atoms with Gasteiger partial charge in [-0.3, -0.25) is 9.59 Å². The van der Waals surface area contributed by atoms with E-state index in [-0.39, 0.29) is 13.0 Å². The first-order valence-corrected chi connectivity index (χ1v) is 3.22. The second-order valence-electron chi connectivity index (χ2n) is 2.16. The molecule has 0 aromatic carbocycles. The van der Waals surface area contributed by atoms with Crippen LogP contribution in [-0.4, -0.2) is 34.7 Å². The van der Waals surface area contributed by atoms with Crippen molar-refractivity contribution >= 4 is 11.9 Å². The number of carbonyl (C=O) groups is 2. The van der Waals surface area contributed by atoms with E-state index in [0.29, 0.717) is 0 Å². The van der Waals surface area contributed by atoms with Crippen molar-refractivity contribution < 1.29 is 19.8 Å². The van der Waals surface area contributed by atoms with Gasteiger partial charge in [0.2, 0.25) is 0 Å². The maximum Gasteiger partial charge on any atom is 0.320 e. The van der Waals surface area contributed by atoms with E-state index in [1.165, 1.54) is 6.92 Å². The Hall–Kier alpha value is -1.10. The standard InChI is InChI=1S/C6H11NO4/c1-4(6(10)11)7-3-2-5(8)9/h4,7H,2-3H2,1H3,(H,8,9)(H,10,11)/t4-/m1/s1. The van der Waals surface area contributed by atoms with Crippen LogP contribution in [0.5, 0.6) is 0 Å². The second-order valence-corrected chi connectivity index (χ2v) is 2.16. The van der Waals surface area contributed by atoms with Crippen LogP contribution in [0.3, 0.4) is 0 Å².